The molecule has 17 heavy (non-hydrogen) atoms. The Morgan fingerprint density at radius 3 is 2.76 bits per heavy atom. The zero-order chi connectivity index (χ0) is 12.1. The highest BCUT2D eigenvalue weighted by atomic mass is 35.5. The second kappa shape index (κ2) is 6.41. The Balaban J connectivity index is 1.72. The molecule has 5 heteroatoms. The summed E-state index contributed by atoms with van der Waals surface area (Å²) in [6.07, 6.45) is 8.10. The lowest BCUT2D eigenvalue weighted by molar-refractivity contribution is 0.491. The summed E-state index contributed by atoms with van der Waals surface area (Å²) in [7, 11) is 0. The van der Waals surface area contributed by atoms with E-state index >= 15 is 0 Å². The number of hydrogen-bond acceptors (Lipinski definition) is 3. The molecule has 1 fully saturated rings. The highest BCUT2D eigenvalue weighted by molar-refractivity contribution is 6.33. The topological polar surface area (TPSA) is 37.8 Å². The number of hydrogen-bond donors (Lipinski definition) is 1. The van der Waals surface area contributed by atoms with Gasteiger partial charge in [0.15, 0.2) is 10.3 Å². The van der Waals surface area contributed by atoms with Crippen molar-refractivity contribution in [2.45, 2.75) is 38.5 Å². The number of anilines is 1. The van der Waals surface area contributed by atoms with Crippen molar-refractivity contribution < 1.29 is 0 Å². The SMILES string of the molecule is Clc1cc(NCCCC2CCCC2)c(Cl)nn1. The molecule has 0 spiro atoms. The van der Waals surface area contributed by atoms with Crippen molar-refractivity contribution in [3.8, 4) is 0 Å². The van der Waals surface area contributed by atoms with Crippen LogP contribution in [0.1, 0.15) is 38.5 Å². The van der Waals surface area contributed by atoms with Gasteiger partial charge in [-0.05, 0) is 18.8 Å². The largest absolute Gasteiger partial charge is 0.382 e. The maximum Gasteiger partial charge on any atom is 0.174 e. The van der Waals surface area contributed by atoms with Crippen LogP contribution in [0.3, 0.4) is 0 Å². The lowest BCUT2D eigenvalue weighted by atomic mass is 10.0. The van der Waals surface area contributed by atoms with Gasteiger partial charge in [-0.3, -0.25) is 0 Å². The molecule has 1 aromatic rings. The minimum atomic E-state index is 0.368. The summed E-state index contributed by atoms with van der Waals surface area (Å²) in [5.74, 6) is 0.937. The van der Waals surface area contributed by atoms with E-state index in [2.05, 4.69) is 15.5 Å². The van der Waals surface area contributed by atoms with Crippen LogP contribution in [0.15, 0.2) is 6.07 Å². The first-order valence-corrected chi connectivity index (χ1v) is 6.94. The van der Waals surface area contributed by atoms with Gasteiger partial charge in [0.1, 0.15) is 0 Å². The second-order valence-electron chi connectivity index (χ2n) is 4.59. The van der Waals surface area contributed by atoms with Gasteiger partial charge in [-0.2, -0.15) is 0 Å². The van der Waals surface area contributed by atoms with E-state index in [-0.39, 0.29) is 0 Å². The third-order valence-electron chi connectivity index (χ3n) is 3.30. The Morgan fingerprint density at radius 1 is 1.24 bits per heavy atom. The van der Waals surface area contributed by atoms with Crippen molar-refractivity contribution in [2.24, 2.45) is 5.92 Å². The molecule has 2 rings (SSSR count). The molecule has 1 aliphatic carbocycles. The molecular weight excluding hydrogens is 257 g/mol. The molecular formula is C12H17Cl2N3. The summed E-state index contributed by atoms with van der Waals surface area (Å²) in [5, 5.41) is 11.4. The molecule has 1 aliphatic rings. The van der Waals surface area contributed by atoms with Gasteiger partial charge in [0, 0.05) is 12.6 Å². The summed E-state index contributed by atoms with van der Waals surface area (Å²) >= 11 is 11.7. The van der Waals surface area contributed by atoms with Gasteiger partial charge in [0.05, 0.1) is 5.69 Å². The van der Waals surface area contributed by atoms with E-state index in [1.807, 2.05) is 0 Å². The van der Waals surface area contributed by atoms with E-state index in [0.717, 1.165) is 18.2 Å². The number of halogens is 2. The standard InChI is InChI=1S/C12H17Cl2N3/c13-11-8-10(12(14)17-16-11)15-7-3-6-9-4-1-2-5-9/h8-9H,1-7H2,(H,15,16). The third kappa shape index (κ3) is 4.00. The molecule has 0 bridgehead atoms. The van der Waals surface area contributed by atoms with E-state index in [9.17, 15) is 0 Å². The Bertz CT molecular complexity index is 365. The predicted octanol–water partition coefficient (Wildman–Crippen LogP) is 4.17. The first kappa shape index (κ1) is 12.9. The summed E-state index contributed by atoms with van der Waals surface area (Å²) in [5.41, 5.74) is 0.776. The Hall–Kier alpha value is -0.540. The van der Waals surface area contributed by atoms with Crippen molar-refractivity contribution in [2.75, 3.05) is 11.9 Å². The average molecular weight is 274 g/mol. The van der Waals surface area contributed by atoms with Gasteiger partial charge in [0.25, 0.3) is 0 Å². The molecule has 0 amide bonds. The smallest absolute Gasteiger partial charge is 0.174 e. The van der Waals surface area contributed by atoms with Crippen molar-refractivity contribution in [1.82, 2.24) is 10.2 Å². The molecule has 0 aliphatic heterocycles. The van der Waals surface area contributed by atoms with Crippen molar-refractivity contribution in [1.29, 1.82) is 0 Å². The number of nitrogens with one attached hydrogen (secondary N) is 1. The number of rotatable bonds is 5. The fourth-order valence-electron chi connectivity index (χ4n) is 2.39. The first-order valence-electron chi connectivity index (χ1n) is 6.18. The molecule has 0 radical (unpaired) electrons. The Labute approximate surface area is 112 Å². The van der Waals surface area contributed by atoms with Crippen LogP contribution in [0.5, 0.6) is 0 Å². The second-order valence-corrected chi connectivity index (χ2v) is 5.34. The van der Waals surface area contributed by atoms with Gasteiger partial charge in [-0.25, -0.2) is 0 Å². The minimum Gasteiger partial charge on any atom is -0.382 e. The van der Waals surface area contributed by atoms with Crippen LogP contribution >= 0.6 is 23.2 Å². The summed E-state index contributed by atoms with van der Waals surface area (Å²) in [6.45, 7) is 0.915. The van der Waals surface area contributed by atoms with Crippen LogP contribution in [-0.4, -0.2) is 16.7 Å². The summed E-state index contributed by atoms with van der Waals surface area (Å²) < 4.78 is 0. The van der Waals surface area contributed by atoms with E-state index in [1.54, 1.807) is 6.07 Å². The molecule has 0 aromatic carbocycles. The molecule has 0 atom stereocenters. The minimum absolute atomic E-state index is 0.368. The van der Waals surface area contributed by atoms with E-state index in [0.29, 0.717) is 10.3 Å². The van der Waals surface area contributed by atoms with Crippen LogP contribution < -0.4 is 5.32 Å². The van der Waals surface area contributed by atoms with Crippen LogP contribution in [0.4, 0.5) is 5.69 Å². The molecule has 1 heterocycles. The van der Waals surface area contributed by atoms with Crippen LogP contribution in [-0.2, 0) is 0 Å². The fourth-order valence-corrected chi connectivity index (χ4v) is 2.70. The van der Waals surface area contributed by atoms with Gasteiger partial charge >= 0.3 is 0 Å². The molecule has 1 saturated carbocycles. The normalized spacial score (nSPS) is 16.4. The number of nitrogens with zero attached hydrogens (tertiary/aromatic N) is 2. The highest BCUT2D eigenvalue weighted by Gasteiger charge is 2.14. The van der Waals surface area contributed by atoms with Crippen LogP contribution in [0, 0.1) is 5.92 Å². The van der Waals surface area contributed by atoms with Gasteiger partial charge in [0.2, 0.25) is 0 Å². The maximum atomic E-state index is 5.91. The average Bonchev–Trinajstić information content (AvgIpc) is 2.82. The Kier molecular flexibility index (Phi) is 4.86. The lowest BCUT2D eigenvalue weighted by Crippen LogP contribution is -2.05. The van der Waals surface area contributed by atoms with Crippen molar-refractivity contribution in [3.63, 3.8) is 0 Å². The monoisotopic (exact) mass is 273 g/mol. The predicted molar refractivity (Wildman–Crippen MR) is 71.7 cm³/mol. The quantitative estimate of drug-likeness (QED) is 0.819. The maximum absolute atomic E-state index is 5.91. The lowest BCUT2D eigenvalue weighted by Gasteiger charge is -2.10. The van der Waals surface area contributed by atoms with E-state index in [1.165, 1.54) is 38.5 Å². The third-order valence-corrected chi connectivity index (χ3v) is 3.76. The molecule has 1 N–H and O–H groups in total. The fraction of sp³-hybridized carbons (Fsp3) is 0.667. The molecule has 3 nitrogen and oxygen atoms in total. The highest BCUT2D eigenvalue weighted by Crippen LogP contribution is 2.28. The summed E-state index contributed by atoms with van der Waals surface area (Å²) in [6, 6.07) is 1.71. The zero-order valence-electron chi connectivity index (χ0n) is 9.75. The van der Waals surface area contributed by atoms with E-state index < -0.39 is 0 Å². The van der Waals surface area contributed by atoms with Gasteiger partial charge < -0.3 is 5.32 Å². The number of aromatic nitrogens is 2. The van der Waals surface area contributed by atoms with Gasteiger partial charge in [-0.1, -0.05) is 48.9 Å². The van der Waals surface area contributed by atoms with E-state index in [4.69, 9.17) is 23.2 Å². The molecule has 0 saturated heterocycles. The van der Waals surface area contributed by atoms with Crippen molar-refractivity contribution >= 4 is 28.9 Å². The zero-order valence-corrected chi connectivity index (χ0v) is 11.3. The first-order chi connectivity index (χ1) is 8.25. The Morgan fingerprint density at radius 2 is 2.00 bits per heavy atom. The van der Waals surface area contributed by atoms with Crippen LogP contribution in [0.25, 0.3) is 0 Å². The molecule has 0 unspecified atom stereocenters. The van der Waals surface area contributed by atoms with Crippen LogP contribution in [0.2, 0.25) is 10.3 Å². The van der Waals surface area contributed by atoms with Crippen molar-refractivity contribution in [3.05, 3.63) is 16.4 Å². The molecule has 1 aromatic heterocycles. The van der Waals surface area contributed by atoms with Gasteiger partial charge in [-0.15, -0.1) is 10.2 Å². The summed E-state index contributed by atoms with van der Waals surface area (Å²) in [4.78, 5) is 0. The molecule has 94 valence electrons.